The minimum atomic E-state index is -0.123. The number of allylic oxidation sites excluding steroid dienone is 1. The molecule has 2 heterocycles. The third-order valence-corrected chi connectivity index (χ3v) is 6.29. The van der Waals surface area contributed by atoms with Crippen LogP contribution >= 0.6 is 0 Å². The number of H-pyrrole nitrogens is 1. The van der Waals surface area contributed by atoms with E-state index in [0.717, 1.165) is 53.8 Å². The number of aromatic nitrogens is 7. The normalized spacial score (nSPS) is 11.4. The summed E-state index contributed by atoms with van der Waals surface area (Å²) in [6.07, 6.45) is 7.29. The Balaban J connectivity index is 1.38. The van der Waals surface area contributed by atoms with Gasteiger partial charge in [-0.25, -0.2) is 9.89 Å². The van der Waals surface area contributed by atoms with Crippen LogP contribution in [0.1, 0.15) is 36.7 Å². The average Bonchev–Trinajstić information content (AvgIpc) is 3.58. The number of tetrazole rings is 1. The van der Waals surface area contributed by atoms with Gasteiger partial charge in [-0.1, -0.05) is 98.3 Å². The minimum Gasteiger partial charge on any atom is -0.274 e. The zero-order valence-electron chi connectivity index (χ0n) is 20.8. The molecule has 0 spiro atoms. The van der Waals surface area contributed by atoms with Gasteiger partial charge in [0.25, 0.3) is 0 Å². The molecular weight excluding hydrogens is 462 g/mol. The van der Waals surface area contributed by atoms with Crippen LogP contribution in [0.25, 0.3) is 28.7 Å². The maximum absolute atomic E-state index is 13.3. The Labute approximate surface area is 215 Å². The van der Waals surface area contributed by atoms with E-state index >= 15 is 0 Å². The average molecular weight is 492 g/mol. The highest BCUT2D eigenvalue weighted by molar-refractivity contribution is 5.80. The van der Waals surface area contributed by atoms with E-state index in [-0.39, 0.29) is 5.69 Å². The Hall–Kier alpha value is -4.59. The van der Waals surface area contributed by atoms with E-state index in [1.54, 1.807) is 10.8 Å². The third kappa shape index (κ3) is 5.64. The van der Waals surface area contributed by atoms with Gasteiger partial charge in [0.15, 0.2) is 5.82 Å². The molecule has 0 atom stereocenters. The molecule has 0 saturated heterocycles. The second-order valence-corrected chi connectivity index (χ2v) is 8.90. The summed E-state index contributed by atoms with van der Waals surface area (Å²) in [5, 5.41) is 18.9. The van der Waals surface area contributed by atoms with Crippen molar-refractivity contribution in [3.05, 3.63) is 112 Å². The number of benzene rings is 3. The van der Waals surface area contributed by atoms with Gasteiger partial charge in [0.05, 0.1) is 6.54 Å². The van der Waals surface area contributed by atoms with Gasteiger partial charge in [-0.3, -0.25) is 4.57 Å². The van der Waals surface area contributed by atoms with Gasteiger partial charge in [0, 0.05) is 18.2 Å². The maximum atomic E-state index is 13.3. The second-order valence-electron chi connectivity index (χ2n) is 8.90. The summed E-state index contributed by atoms with van der Waals surface area (Å²) in [6.45, 7) is 2.61. The fourth-order valence-electron chi connectivity index (χ4n) is 4.32. The first-order valence-electron chi connectivity index (χ1n) is 12.5. The van der Waals surface area contributed by atoms with Crippen molar-refractivity contribution in [3.63, 3.8) is 0 Å². The number of aromatic amines is 1. The van der Waals surface area contributed by atoms with Gasteiger partial charge in [0.2, 0.25) is 0 Å². The van der Waals surface area contributed by atoms with Crippen molar-refractivity contribution in [3.8, 4) is 22.5 Å². The van der Waals surface area contributed by atoms with Crippen LogP contribution in [0.15, 0.2) is 89.7 Å². The van der Waals surface area contributed by atoms with E-state index in [2.05, 4.69) is 69.0 Å². The SMILES string of the molecule is CCCCc1nn(C=CCc2ccccc2)c(=O)n1Cc1ccc(-c2ccccc2-c2nnn[nH]2)cc1. The lowest BCUT2D eigenvalue weighted by atomic mass is 9.98. The van der Waals surface area contributed by atoms with E-state index in [0.29, 0.717) is 12.4 Å². The molecule has 0 radical (unpaired) electrons. The third-order valence-electron chi connectivity index (χ3n) is 6.29. The quantitative estimate of drug-likeness (QED) is 0.297. The molecule has 0 aliphatic rings. The van der Waals surface area contributed by atoms with Crippen molar-refractivity contribution in [1.29, 1.82) is 0 Å². The summed E-state index contributed by atoms with van der Waals surface area (Å²) in [6, 6.07) is 26.4. The molecule has 3 aromatic carbocycles. The molecule has 5 aromatic rings. The highest BCUT2D eigenvalue weighted by Gasteiger charge is 2.14. The Morgan fingerprint density at radius 1 is 0.892 bits per heavy atom. The van der Waals surface area contributed by atoms with Crippen LogP contribution in [0, 0.1) is 0 Å². The number of aryl methyl sites for hydroxylation is 1. The predicted octanol–water partition coefficient (Wildman–Crippen LogP) is 5.00. The molecule has 8 heteroatoms. The van der Waals surface area contributed by atoms with Gasteiger partial charge in [-0.15, -0.1) is 5.10 Å². The number of hydrogen-bond donors (Lipinski definition) is 1. The van der Waals surface area contributed by atoms with Crippen molar-refractivity contribution in [2.45, 2.75) is 39.2 Å². The summed E-state index contributed by atoms with van der Waals surface area (Å²) in [5.74, 6) is 1.43. The highest BCUT2D eigenvalue weighted by atomic mass is 16.2. The first kappa shape index (κ1) is 24.1. The van der Waals surface area contributed by atoms with E-state index in [1.807, 2.05) is 48.5 Å². The summed E-state index contributed by atoms with van der Waals surface area (Å²) in [4.78, 5) is 13.3. The lowest BCUT2D eigenvalue weighted by Gasteiger charge is -2.09. The van der Waals surface area contributed by atoms with Crippen LogP contribution in [0.3, 0.4) is 0 Å². The van der Waals surface area contributed by atoms with Crippen molar-refractivity contribution in [1.82, 2.24) is 35.0 Å². The summed E-state index contributed by atoms with van der Waals surface area (Å²) in [5.41, 5.74) is 5.12. The molecular formula is C29H29N7O. The number of nitrogens with one attached hydrogen (secondary N) is 1. The summed E-state index contributed by atoms with van der Waals surface area (Å²) >= 11 is 0. The largest absolute Gasteiger partial charge is 0.350 e. The number of hydrogen-bond acceptors (Lipinski definition) is 5. The number of rotatable bonds is 10. The zero-order chi connectivity index (χ0) is 25.5. The number of nitrogens with zero attached hydrogens (tertiary/aromatic N) is 6. The van der Waals surface area contributed by atoms with Crippen LogP contribution < -0.4 is 5.69 Å². The zero-order valence-corrected chi connectivity index (χ0v) is 20.8. The molecule has 0 saturated carbocycles. The van der Waals surface area contributed by atoms with E-state index < -0.39 is 0 Å². The standard InChI is InChI=1S/C29H29N7O/c1-2-3-15-27-32-36(20-9-12-22-10-5-4-6-11-22)29(37)35(27)21-23-16-18-24(19-17-23)25-13-7-8-14-26(25)28-30-33-34-31-28/h4-11,13-14,16-20H,2-3,12,15,21H2,1H3,(H,30,31,33,34). The van der Waals surface area contributed by atoms with Gasteiger partial charge in [0.1, 0.15) is 5.82 Å². The Kier molecular flexibility index (Phi) is 7.45. The van der Waals surface area contributed by atoms with E-state index in [1.165, 1.54) is 10.2 Å². The molecule has 0 aliphatic carbocycles. The molecule has 186 valence electrons. The van der Waals surface area contributed by atoms with Crippen molar-refractivity contribution < 1.29 is 0 Å². The minimum absolute atomic E-state index is 0.123. The smallest absolute Gasteiger partial charge is 0.274 e. The fourth-order valence-corrected chi connectivity index (χ4v) is 4.32. The van der Waals surface area contributed by atoms with Gasteiger partial charge < -0.3 is 0 Å². The van der Waals surface area contributed by atoms with Gasteiger partial charge in [-0.05, 0) is 45.5 Å². The molecule has 0 bridgehead atoms. The second kappa shape index (κ2) is 11.4. The topological polar surface area (TPSA) is 94.3 Å². The molecule has 1 N–H and O–H groups in total. The molecule has 0 fully saturated rings. The van der Waals surface area contributed by atoms with E-state index in [4.69, 9.17) is 0 Å². The Morgan fingerprint density at radius 3 is 2.38 bits per heavy atom. The molecule has 37 heavy (non-hydrogen) atoms. The Morgan fingerprint density at radius 2 is 1.65 bits per heavy atom. The van der Waals surface area contributed by atoms with Crippen LogP contribution in [0.5, 0.6) is 0 Å². The molecule has 5 rings (SSSR count). The van der Waals surface area contributed by atoms with Gasteiger partial charge >= 0.3 is 5.69 Å². The van der Waals surface area contributed by atoms with Crippen molar-refractivity contribution in [2.24, 2.45) is 0 Å². The monoisotopic (exact) mass is 491 g/mol. The summed E-state index contributed by atoms with van der Waals surface area (Å²) < 4.78 is 3.25. The van der Waals surface area contributed by atoms with Crippen LogP contribution in [0.2, 0.25) is 0 Å². The fraction of sp³-hybridized carbons (Fsp3) is 0.207. The van der Waals surface area contributed by atoms with Crippen molar-refractivity contribution in [2.75, 3.05) is 0 Å². The number of unbranched alkanes of at least 4 members (excludes halogenated alkanes) is 1. The van der Waals surface area contributed by atoms with Crippen LogP contribution in [0.4, 0.5) is 0 Å². The first-order chi connectivity index (χ1) is 18.2. The van der Waals surface area contributed by atoms with Crippen LogP contribution in [-0.2, 0) is 19.4 Å². The highest BCUT2D eigenvalue weighted by Crippen LogP contribution is 2.29. The lowest BCUT2D eigenvalue weighted by Crippen LogP contribution is -2.23. The predicted molar refractivity (Wildman–Crippen MR) is 145 cm³/mol. The van der Waals surface area contributed by atoms with Crippen LogP contribution in [-0.4, -0.2) is 35.0 Å². The molecule has 0 unspecified atom stereocenters. The molecule has 0 amide bonds. The lowest BCUT2D eigenvalue weighted by molar-refractivity contribution is 0.666. The first-order valence-corrected chi connectivity index (χ1v) is 12.5. The maximum Gasteiger partial charge on any atom is 0.350 e. The molecule has 2 aromatic heterocycles. The Bertz CT molecular complexity index is 1520. The van der Waals surface area contributed by atoms with Crippen molar-refractivity contribution >= 4 is 6.20 Å². The van der Waals surface area contributed by atoms with Gasteiger partial charge in [-0.2, -0.15) is 9.78 Å². The molecule has 8 nitrogen and oxygen atoms in total. The van der Waals surface area contributed by atoms with E-state index in [9.17, 15) is 4.79 Å². The summed E-state index contributed by atoms with van der Waals surface area (Å²) in [7, 11) is 0. The molecule has 0 aliphatic heterocycles.